The predicted octanol–water partition coefficient (Wildman–Crippen LogP) is 3.58. The first-order valence-corrected chi connectivity index (χ1v) is 11.7. The summed E-state index contributed by atoms with van der Waals surface area (Å²) in [5.41, 5.74) is 2.29. The standard InChI is InChI=1S/C26H34N2O7/c1-7-15(4)18-10-12-19(13-11-18)28-20(29)14-35-26(32)23-21(24(30)33-8-2)16(5)27-17(6)22(23)25(31)34-9-3/h10-13,15,23,27H,7-9,14H2,1-6H3,(H,28,29). The summed E-state index contributed by atoms with van der Waals surface area (Å²) in [6.45, 7) is 10.2. The molecule has 9 nitrogen and oxygen atoms in total. The van der Waals surface area contributed by atoms with Gasteiger partial charge in [-0.3, -0.25) is 9.59 Å². The highest BCUT2D eigenvalue weighted by molar-refractivity contribution is 6.06. The first kappa shape index (κ1) is 27.6. The maximum Gasteiger partial charge on any atom is 0.337 e. The van der Waals surface area contributed by atoms with E-state index in [1.807, 2.05) is 12.1 Å². The van der Waals surface area contributed by atoms with Crippen LogP contribution in [-0.4, -0.2) is 43.6 Å². The van der Waals surface area contributed by atoms with Gasteiger partial charge in [0.15, 0.2) is 6.61 Å². The van der Waals surface area contributed by atoms with E-state index in [0.717, 1.165) is 12.0 Å². The largest absolute Gasteiger partial charge is 0.463 e. The van der Waals surface area contributed by atoms with Crippen LogP contribution in [0.5, 0.6) is 0 Å². The van der Waals surface area contributed by atoms with Crippen molar-refractivity contribution in [2.45, 2.75) is 53.9 Å². The van der Waals surface area contributed by atoms with Gasteiger partial charge in [-0.05, 0) is 57.7 Å². The van der Waals surface area contributed by atoms with Gasteiger partial charge in [0.25, 0.3) is 5.91 Å². The molecule has 2 rings (SSSR count). The highest BCUT2D eigenvalue weighted by Gasteiger charge is 2.42. The van der Waals surface area contributed by atoms with Crippen molar-refractivity contribution < 1.29 is 33.4 Å². The van der Waals surface area contributed by atoms with Crippen molar-refractivity contribution in [3.63, 3.8) is 0 Å². The number of anilines is 1. The summed E-state index contributed by atoms with van der Waals surface area (Å²) >= 11 is 0. The van der Waals surface area contributed by atoms with Crippen molar-refractivity contribution in [2.24, 2.45) is 5.92 Å². The van der Waals surface area contributed by atoms with E-state index in [2.05, 4.69) is 24.5 Å². The topological polar surface area (TPSA) is 120 Å². The molecule has 190 valence electrons. The van der Waals surface area contributed by atoms with Crippen LogP contribution >= 0.6 is 0 Å². The molecule has 0 saturated carbocycles. The zero-order valence-corrected chi connectivity index (χ0v) is 21.2. The van der Waals surface area contributed by atoms with Crippen LogP contribution in [0.4, 0.5) is 5.69 Å². The quantitative estimate of drug-likeness (QED) is 0.380. The fourth-order valence-electron chi connectivity index (χ4n) is 3.74. The van der Waals surface area contributed by atoms with Crippen LogP contribution in [0.25, 0.3) is 0 Å². The molecule has 1 aliphatic rings. The van der Waals surface area contributed by atoms with Crippen molar-refractivity contribution in [1.29, 1.82) is 0 Å². The Morgan fingerprint density at radius 3 is 1.86 bits per heavy atom. The molecule has 0 saturated heterocycles. The van der Waals surface area contributed by atoms with Gasteiger partial charge < -0.3 is 24.8 Å². The second-order valence-corrected chi connectivity index (χ2v) is 8.16. The summed E-state index contributed by atoms with van der Waals surface area (Å²) in [6, 6.07) is 7.43. The number of dihydropyridines is 1. The van der Waals surface area contributed by atoms with Crippen molar-refractivity contribution in [3.8, 4) is 0 Å². The third-order valence-electron chi connectivity index (χ3n) is 5.71. The minimum absolute atomic E-state index is 0.0634. The number of hydrogen-bond acceptors (Lipinski definition) is 8. The van der Waals surface area contributed by atoms with Gasteiger partial charge in [-0.25, -0.2) is 9.59 Å². The number of allylic oxidation sites excluding steroid dienone is 2. The first-order chi connectivity index (χ1) is 16.6. The number of hydrogen-bond donors (Lipinski definition) is 2. The Bertz CT molecular complexity index is 985. The Balaban J connectivity index is 2.19. The average molecular weight is 487 g/mol. The van der Waals surface area contributed by atoms with E-state index in [9.17, 15) is 19.2 Å². The normalized spacial score (nSPS) is 14.7. The molecule has 0 fully saturated rings. The zero-order chi connectivity index (χ0) is 26.1. The van der Waals surface area contributed by atoms with Crippen molar-refractivity contribution in [3.05, 3.63) is 52.4 Å². The maximum atomic E-state index is 13.1. The number of carbonyl (C=O) groups excluding carboxylic acids is 4. The Morgan fingerprint density at radius 1 is 0.886 bits per heavy atom. The van der Waals surface area contributed by atoms with E-state index >= 15 is 0 Å². The van der Waals surface area contributed by atoms with Gasteiger partial charge in [0, 0.05) is 17.1 Å². The van der Waals surface area contributed by atoms with E-state index in [-0.39, 0.29) is 24.4 Å². The van der Waals surface area contributed by atoms with Crippen molar-refractivity contribution in [1.82, 2.24) is 5.32 Å². The number of amides is 1. The maximum absolute atomic E-state index is 13.1. The lowest BCUT2D eigenvalue weighted by molar-refractivity contribution is -0.153. The Morgan fingerprint density at radius 2 is 1.40 bits per heavy atom. The van der Waals surface area contributed by atoms with Gasteiger partial charge in [0.2, 0.25) is 0 Å². The van der Waals surface area contributed by atoms with E-state index in [1.54, 1.807) is 39.8 Å². The molecule has 0 spiro atoms. The number of rotatable bonds is 10. The zero-order valence-electron chi connectivity index (χ0n) is 21.2. The molecule has 0 radical (unpaired) electrons. The molecule has 1 unspecified atom stereocenters. The third kappa shape index (κ3) is 6.94. The first-order valence-electron chi connectivity index (χ1n) is 11.7. The molecule has 1 amide bonds. The third-order valence-corrected chi connectivity index (χ3v) is 5.71. The summed E-state index contributed by atoms with van der Waals surface area (Å²) < 4.78 is 15.4. The minimum Gasteiger partial charge on any atom is -0.463 e. The second-order valence-electron chi connectivity index (χ2n) is 8.16. The van der Waals surface area contributed by atoms with Crippen molar-refractivity contribution in [2.75, 3.05) is 25.1 Å². The summed E-state index contributed by atoms with van der Waals surface area (Å²) in [5, 5.41) is 5.60. The number of ether oxygens (including phenoxy) is 3. The second kappa shape index (κ2) is 12.7. The number of esters is 3. The van der Waals surface area contributed by atoms with Gasteiger partial charge in [0.1, 0.15) is 5.92 Å². The Kier molecular flexibility index (Phi) is 10.1. The molecule has 1 aromatic rings. The van der Waals surface area contributed by atoms with Gasteiger partial charge >= 0.3 is 17.9 Å². The lowest BCUT2D eigenvalue weighted by atomic mass is 9.85. The summed E-state index contributed by atoms with van der Waals surface area (Å²) in [6.07, 6.45) is 1.00. The monoisotopic (exact) mass is 486 g/mol. The Hall–Kier alpha value is -3.62. The molecule has 1 aliphatic heterocycles. The van der Waals surface area contributed by atoms with Gasteiger partial charge in [-0.1, -0.05) is 26.0 Å². The average Bonchev–Trinajstić information content (AvgIpc) is 2.82. The van der Waals surface area contributed by atoms with Crippen LogP contribution in [0.15, 0.2) is 46.8 Å². The molecule has 9 heteroatoms. The van der Waals surface area contributed by atoms with E-state index < -0.39 is 36.3 Å². The molecule has 1 atom stereocenters. The van der Waals surface area contributed by atoms with Gasteiger partial charge in [0.05, 0.1) is 24.4 Å². The number of benzene rings is 1. The van der Waals surface area contributed by atoms with Crippen LogP contribution in [0.3, 0.4) is 0 Å². The smallest absolute Gasteiger partial charge is 0.337 e. The van der Waals surface area contributed by atoms with Gasteiger partial charge in [-0.15, -0.1) is 0 Å². The minimum atomic E-state index is -1.39. The van der Waals surface area contributed by atoms with Crippen LogP contribution < -0.4 is 10.6 Å². The van der Waals surface area contributed by atoms with E-state index in [1.165, 1.54) is 0 Å². The lowest BCUT2D eigenvalue weighted by Crippen LogP contribution is -2.39. The predicted molar refractivity (Wildman–Crippen MR) is 130 cm³/mol. The molecular weight excluding hydrogens is 452 g/mol. The summed E-state index contributed by atoms with van der Waals surface area (Å²) in [5.74, 6) is -4.00. The Labute approximate surface area is 205 Å². The summed E-state index contributed by atoms with van der Waals surface area (Å²) in [4.78, 5) is 50.9. The van der Waals surface area contributed by atoms with Crippen molar-refractivity contribution >= 4 is 29.5 Å². The lowest BCUT2D eigenvalue weighted by Gasteiger charge is -2.28. The number of carbonyl (C=O) groups is 4. The van der Waals surface area contributed by atoms with E-state index in [4.69, 9.17) is 14.2 Å². The molecular formula is C26H34N2O7. The molecule has 0 bridgehead atoms. The fraction of sp³-hybridized carbons (Fsp3) is 0.462. The molecule has 0 aliphatic carbocycles. The van der Waals surface area contributed by atoms with E-state index in [0.29, 0.717) is 23.0 Å². The highest BCUT2D eigenvalue weighted by atomic mass is 16.5. The number of nitrogens with one attached hydrogen (secondary N) is 2. The van der Waals surface area contributed by atoms with Crippen LogP contribution in [0, 0.1) is 5.92 Å². The molecule has 2 N–H and O–H groups in total. The van der Waals surface area contributed by atoms with Gasteiger partial charge in [-0.2, -0.15) is 0 Å². The molecule has 35 heavy (non-hydrogen) atoms. The van der Waals surface area contributed by atoms with Crippen LogP contribution in [0.2, 0.25) is 0 Å². The highest BCUT2D eigenvalue weighted by Crippen LogP contribution is 2.32. The van der Waals surface area contributed by atoms with Crippen LogP contribution in [0.1, 0.15) is 59.4 Å². The molecule has 0 aromatic heterocycles. The fourth-order valence-corrected chi connectivity index (χ4v) is 3.74. The van der Waals surface area contributed by atoms with Crippen LogP contribution in [-0.2, 0) is 33.4 Å². The summed E-state index contributed by atoms with van der Waals surface area (Å²) in [7, 11) is 0. The molecule has 1 heterocycles. The SMILES string of the molecule is CCOC(=O)C1=C(C)NC(C)=C(C(=O)OCC)C1C(=O)OCC(=O)Nc1ccc(C(C)CC)cc1. The molecule has 1 aromatic carbocycles.